The number of hydrogen-bond acceptors (Lipinski definition) is 4. The predicted molar refractivity (Wildman–Crippen MR) is 120 cm³/mol. The summed E-state index contributed by atoms with van der Waals surface area (Å²) in [5, 5.41) is 6.03. The van der Waals surface area contributed by atoms with Gasteiger partial charge in [-0.25, -0.2) is 14.8 Å². The number of guanidine groups is 1. The topological polar surface area (TPSA) is 77.5 Å². The van der Waals surface area contributed by atoms with Crippen LogP contribution >= 0.6 is 0 Å². The Morgan fingerprint density at radius 2 is 1.64 bits per heavy atom. The number of hydrogen-bond donors (Lipinski definition) is 4. The van der Waals surface area contributed by atoms with Crippen molar-refractivity contribution in [2.24, 2.45) is 28.7 Å². The number of amides is 1. The lowest BCUT2D eigenvalue weighted by atomic mass is 9.77. The van der Waals surface area contributed by atoms with E-state index in [0.717, 1.165) is 12.8 Å². The fourth-order valence-corrected chi connectivity index (χ4v) is 5.13. The summed E-state index contributed by atoms with van der Waals surface area (Å²) < 4.78 is 53.0. The zero-order valence-electron chi connectivity index (χ0n) is 20.1. The van der Waals surface area contributed by atoms with Crippen LogP contribution in [0.5, 0.6) is 0 Å². The molecule has 1 amide bonds. The van der Waals surface area contributed by atoms with Crippen LogP contribution in [0.4, 0.5) is 17.6 Å². The number of hydrazine groups is 1. The SMILES string of the molecule is CC1CCC(C2CC(/N=C(/NC(=O)C3CCC(C(F)(F)F)CC3)NC(C)(C)C)NN2)CC1F. The van der Waals surface area contributed by atoms with Gasteiger partial charge in [0.25, 0.3) is 0 Å². The number of nitrogens with one attached hydrogen (secondary N) is 4. The summed E-state index contributed by atoms with van der Waals surface area (Å²) in [6.07, 6.45) is -1.81. The Labute approximate surface area is 194 Å². The van der Waals surface area contributed by atoms with Gasteiger partial charge in [-0.3, -0.25) is 15.5 Å². The Hall–Kier alpha value is -1.42. The van der Waals surface area contributed by atoms with Crippen LogP contribution in [0, 0.1) is 23.7 Å². The minimum Gasteiger partial charge on any atom is -0.351 e. The molecule has 3 fully saturated rings. The third-order valence-corrected chi connectivity index (χ3v) is 7.20. The second-order valence-electron chi connectivity index (χ2n) is 11.1. The predicted octanol–water partition coefficient (Wildman–Crippen LogP) is 4.18. The molecule has 3 aliphatic rings. The van der Waals surface area contributed by atoms with Crippen LogP contribution in [-0.4, -0.2) is 42.0 Å². The van der Waals surface area contributed by atoms with Crippen LogP contribution in [0.25, 0.3) is 0 Å². The van der Waals surface area contributed by atoms with Crippen molar-refractivity contribution in [3.63, 3.8) is 0 Å². The number of nitrogens with zero attached hydrogens (tertiary/aromatic N) is 1. The van der Waals surface area contributed by atoms with Crippen LogP contribution < -0.4 is 21.5 Å². The first-order valence-electron chi connectivity index (χ1n) is 12.2. The van der Waals surface area contributed by atoms with Crippen molar-refractivity contribution >= 4 is 11.9 Å². The van der Waals surface area contributed by atoms with Gasteiger partial charge >= 0.3 is 6.18 Å². The lowest BCUT2D eigenvalue weighted by Gasteiger charge is -2.32. The van der Waals surface area contributed by atoms with E-state index in [9.17, 15) is 22.4 Å². The molecule has 33 heavy (non-hydrogen) atoms. The van der Waals surface area contributed by atoms with Gasteiger partial charge in [-0.1, -0.05) is 6.92 Å². The highest BCUT2D eigenvalue weighted by molar-refractivity contribution is 5.98. The number of alkyl halides is 4. The minimum atomic E-state index is -4.20. The maximum absolute atomic E-state index is 14.2. The molecule has 10 heteroatoms. The molecule has 5 unspecified atom stereocenters. The van der Waals surface area contributed by atoms with Gasteiger partial charge in [0.1, 0.15) is 12.3 Å². The van der Waals surface area contributed by atoms with E-state index in [1.807, 2.05) is 27.7 Å². The fraction of sp³-hybridized carbons (Fsp3) is 0.913. The quantitative estimate of drug-likeness (QED) is 0.279. The molecule has 3 rings (SSSR count). The van der Waals surface area contributed by atoms with Crippen LogP contribution in [-0.2, 0) is 4.79 Å². The molecule has 1 saturated heterocycles. The van der Waals surface area contributed by atoms with E-state index in [2.05, 4.69) is 26.5 Å². The summed E-state index contributed by atoms with van der Waals surface area (Å²) >= 11 is 0. The van der Waals surface area contributed by atoms with E-state index >= 15 is 0 Å². The Morgan fingerprint density at radius 1 is 0.970 bits per heavy atom. The summed E-state index contributed by atoms with van der Waals surface area (Å²) in [7, 11) is 0. The first-order chi connectivity index (χ1) is 15.3. The molecule has 0 aromatic rings. The Bertz CT molecular complexity index is 700. The number of rotatable bonds is 3. The maximum atomic E-state index is 14.2. The van der Waals surface area contributed by atoms with Crippen LogP contribution in [0.2, 0.25) is 0 Å². The molecule has 0 spiro atoms. The van der Waals surface area contributed by atoms with Crippen molar-refractivity contribution in [3.8, 4) is 0 Å². The van der Waals surface area contributed by atoms with Crippen LogP contribution in [0.15, 0.2) is 4.99 Å². The van der Waals surface area contributed by atoms with Gasteiger partial charge in [0.15, 0.2) is 5.96 Å². The molecule has 190 valence electrons. The second kappa shape index (κ2) is 10.5. The average Bonchev–Trinajstić information content (AvgIpc) is 3.16. The van der Waals surface area contributed by atoms with Gasteiger partial charge in [-0.15, -0.1) is 0 Å². The Morgan fingerprint density at radius 3 is 2.21 bits per heavy atom. The lowest BCUT2D eigenvalue weighted by Crippen LogP contribution is -2.52. The first kappa shape index (κ1) is 26.2. The molecular weight excluding hydrogens is 438 g/mol. The minimum absolute atomic E-state index is 0.0217. The van der Waals surface area contributed by atoms with Gasteiger partial charge in [0, 0.05) is 23.9 Å². The van der Waals surface area contributed by atoms with E-state index in [0.29, 0.717) is 18.8 Å². The molecule has 0 aromatic heterocycles. The summed E-state index contributed by atoms with van der Waals surface area (Å²) in [5.41, 5.74) is 6.02. The van der Waals surface area contributed by atoms with Gasteiger partial charge in [0.2, 0.25) is 5.91 Å². The number of carbonyl (C=O) groups excluding carboxylic acids is 1. The molecule has 0 aromatic carbocycles. The zero-order chi connectivity index (χ0) is 24.4. The highest BCUT2D eigenvalue weighted by Crippen LogP contribution is 2.39. The van der Waals surface area contributed by atoms with E-state index in [4.69, 9.17) is 0 Å². The highest BCUT2D eigenvalue weighted by Gasteiger charge is 2.42. The monoisotopic (exact) mass is 477 g/mol. The summed E-state index contributed by atoms with van der Waals surface area (Å²) in [4.78, 5) is 17.5. The van der Waals surface area contributed by atoms with Crippen LogP contribution in [0.1, 0.15) is 79.1 Å². The second-order valence-corrected chi connectivity index (χ2v) is 11.1. The van der Waals surface area contributed by atoms with E-state index in [1.165, 1.54) is 0 Å². The van der Waals surface area contributed by atoms with Crippen molar-refractivity contribution in [2.45, 2.75) is 109 Å². The first-order valence-corrected chi connectivity index (χ1v) is 12.2. The maximum Gasteiger partial charge on any atom is 0.391 e. The third kappa shape index (κ3) is 7.53. The molecule has 0 bridgehead atoms. The highest BCUT2D eigenvalue weighted by atomic mass is 19.4. The smallest absolute Gasteiger partial charge is 0.351 e. The molecule has 2 aliphatic carbocycles. The Balaban J connectivity index is 1.59. The van der Waals surface area contributed by atoms with Gasteiger partial charge in [-0.05, 0) is 77.6 Å². The van der Waals surface area contributed by atoms with E-state index in [-0.39, 0.29) is 61.2 Å². The number of aliphatic imine (C=N–C) groups is 1. The lowest BCUT2D eigenvalue weighted by molar-refractivity contribution is -0.184. The van der Waals surface area contributed by atoms with Gasteiger partial charge in [-0.2, -0.15) is 13.2 Å². The van der Waals surface area contributed by atoms with Gasteiger partial charge < -0.3 is 5.32 Å². The van der Waals surface area contributed by atoms with Crippen molar-refractivity contribution < 1.29 is 22.4 Å². The summed E-state index contributed by atoms with van der Waals surface area (Å²) in [5.74, 6) is -1.42. The molecule has 2 saturated carbocycles. The molecule has 4 N–H and O–H groups in total. The van der Waals surface area contributed by atoms with Crippen LogP contribution in [0.3, 0.4) is 0 Å². The van der Waals surface area contributed by atoms with Crippen molar-refractivity contribution in [1.29, 1.82) is 0 Å². The fourth-order valence-electron chi connectivity index (χ4n) is 5.13. The molecule has 1 heterocycles. The molecule has 1 aliphatic heterocycles. The van der Waals surface area contributed by atoms with E-state index < -0.39 is 24.2 Å². The van der Waals surface area contributed by atoms with Crippen molar-refractivity contribution in [3.05, 3.63) is 0 Å². The Kier molecular flexibility index (Phi) is 8.30. The number of carbonyl (C=O) groups is 1. The van der Waals surface area contributed by atoms with E-state index in [1.54, 1.807) is 0 Å². The van der Waals surface area contributed by atoms with Gasteiger partial charge in [0.05, 0.1) is 5.92 Å². The molecule has 6 nitrogen and oxygen atoms in total. The molecule has 0 radical (unpaired) electrons. The van der Waals surface area contributed by atoms with Crippen molar-refractivity contribution in [2.75, 3.05) is 0 Å². The van der Waals surface area contributed by atoms with Crippen molar-refractivity contribution in [1.82, 2.24) is 21.5 Å². The average molecular weight is 478 g/mol. The normalized spacial score (nSPS) is 36.5. The third-order valence-electron chi connectivity index (χ3n) is 7.20. The zero-order valence-corrected chi connectivity index (χ0v) is 20.1. The largest absolute Gasteiger partial charge is 0.391 e. The standard InChI is InChI=1S/C23H39F4N5O/c1-13-5-6-15(11-17(13)24)18-12-19(32-31-18)28-21(30-22(2,3)4)29-20(33)14-7-9-16(10-8-14)23(25,26)27/h13-19,31-32H,5-12H2,1-4H3,(H2,28,29,30,33). The number of halogens is 4. The molecular formula is C23H39F4N5O. The summed E-state index contributed by atoms with van der Waals surface area (Å²) in [6.45, 7) is 7.78. The summed E-state index contributed by atoms with van der Waals surface area (Å²) in [6, 6.07) is 0.105. The molecule has 5 atom stereocenters.